The van der Waals surface area contributed by atoms with Crippen LogP contribution < -0.4 is 0 Å². The third-order valence-electron chi connectivity index (χ3n) is 5.36. The Bertz CT molecular complexity index is 1200. The number of hydrogen-bond donors (Lipinski definition) is 0. The standard InChI is InChI=1S/C24H21BrCl2N2O2/c1-14-10-19-21(28-31-23(30)18-9-6-16(26)11-20(18)27)12-24(2,3)13-22(19)29(14)17-7-4-15(25)5-8-17/h4-11H,12-13H2,1-3H3/b28-21+. The maximum atomic E-state index is 12.6. The van der Waals surface area contributed by atoms with Crippen LogP contribution in [0.4, 0.5) is 0 Å². The molecule has 1 aromatic heterocycles. The second kappa shape index (κ2) is 8.45. The fraction of sp³-hybridized carbons (Fsp3) is 0.250. The van der Waals surface area contributed by atoms with Crippen molar-refractivity contribution in [3.63, 3.8) is 0 Å². The van der Waals surface area contributed by atoms with Crippen molar-refractivity contribution < 1.29 is 9.63 Å². The van der Waals surface area contributed by atoms with E-state index in [4.69, 9.17) is 28.0 Å². The molecule has 0 fully saturated rings. The molecule has 3 aromatic rings. The van der Waals surface area contributed by atoms with Crippen LogP contribution in [0.15, 0.2) is 58.2 Å². The lowest BCUT2D eigenvalue weighted by Crippen LogP contribution is -2.28. The predicted molar refractivity (Wildman–Crippen MR) is 129 cm³/mol. The Labute approximate surface area is 199 Å². The number of fused-ring (bicyclic) bond motifs is 1. The van der Waals surface area contributed by atoms with Crippen LogP contribution >= 0.6 is 39.1 Å². The van der Waals surface area contributed by atoms with Crippen LogP contribution in [0.5, 0.6) is 0 Å². The summed E-state index contributed by atoms with van der Waals surface area (Å²) in [6.07, 6.45) is 1.59. The molecule has 0 atom stereocenters. The van der Waals surface area contributed by atoms with Gasteiger partial charge in [0.25, 0.3) is 0 Å². The minimum Gasteiger partial charge on any atom is -0.318 e. The zero-order valence-corrected chi connectivity index (χ0v) is 20.5. The Balaban J connectivity index is 1.71. The number of oxime groups is 1. The van der Waals surface area contributed by atoms with Crippen molar-refractivity contribution in [1.82, 2.24) is 4.57 Å². The summed E-state index contributed by atoms with van der Waals surface area (Å²) in [7, 11) is 0. The van der Waals surface area contributed by atoms with Gasteiger partial charge in [0.05, 0.1) is 16.3 Å². The van der Waals surface area contributed by atoms with Gasteiger partial charge in [0.1, 0.15) is 0 Å². The Morgan fingerprint density at radius 2 is 1.81 bits per heavy atom. The first kappa shape index (κ1) is 22.1. The molecule has 0 radical (unpaired) electrons. The van der Waals surface area contributed by atoms with Crippen molar-refractivity contribution in [1.29, 1.82) is 0 Å². The molecule has 0 amide bonds. The lowest BCUT2D eigenvalue weighted by molar-refractivity contribution is 0.0514. The molecule has 0 unspecified atom stereocenters. The van der Waals surface area contributed by atoms with Crippen molar-refractivity contribution in [2.24, 2.45) is 10.6 Å². The molecule has 7 heteroatoms. The summed E-state index contributed by atoms with van der Waals surface area (Å²) in [4.78, 5) is 17.9. The van der Waals surface area contributed by atoms with Crippen molar-refractivity contribution in [2.75, 3.05) is 0 Å². The topological polar surface area (TPSA) is 43.6 Å². The minimum absolute atomic E-state index is 0.0337. The van der Waals surface area contributed by atoms with Gasteiger partial charge < -0.3 is 9.40 Å². The highest BCUT2D eigenvalue weighted by molar-refractivity contribution is 9.10. The largest absolute Gasteiger partial charge is 0.367 e. The fourth-order valence-corrected chi connectivity index (χ4v) is 4.76. The Morgan fingerprint density at radius 3 is 2.48 bits per heavy atom. The number of halogens is 3. The van der Waals surface area contributed by atoms with Gasteiger partial charge >= 0.3 is 5.97 Å². The van der Waals surface area contributed by atoms with E-state index in [1.807, 2.05) is 12.1 Å². The summed E-state index contributed by atoms with van der Waals surface area (Å²) in [6.45, 7) is 6.46. The van der Waals surface area contributed by atoms with Gasteiger partial charge in [0.15, 0.2) is 0 Å². The van der Waals surface area contributed by atoms with Crippen molar-refractivity contribution >= 4 is 50.8 Å². The van der Waals surface area contributed by atoms with Gasteiger partial charge in [-0.1, -0.05) is 58.1 Å². The Hall–Kier alpha value is -2.08. The zero-order chi connectivity index (χ0) is 22.3. The first-order valence-electron chi connectivity index (χ1n) is 9.85. The van der Waals surface area contributed by atoms with E-state index in [-0.39, 0.29) is 16.0 Å². The summed E-state index contributed by atoms with van der Waals surface area (Å²) in [6, 6.07) is 15.0. The zero-order valence-electron chi connectivity index (χ0n) is 17.4. The summed E-state index contributed by atoms with van der Waals surface area (Å²) in [5.74, 6) is -0.608. The molecular formula is C24H21BrCl2N2O2. The predicted octanol–water partition coefficient (Wildman–Crippen LogP) is 7.39. The molecule has 31 heavy (non-hydrogen) atoms. The van der Waals surface area contributed by atoms with E-state index < -0.39 is 5.97 Å². The van der Waals surface area contributed by atoms with Crippen molar-refractivity contribution in [3.05, 3.63) is 85.6 Å². The Kier molecular flexibility index (Phi) is 6.03. The maximum Gasteiger partial charge on any atom is 0.367 e. The molecule has 1 heterocycles. The smallest absolute Gasteiger partial charge is 0.318 e. The second-order valence-electron chi connectivity index (χ2n) is 8.52. The summed E-state index contributed by atoms with van der Waals surface area (Å²) < 4.78 is 3.28. The molecule has 4 rings (SSSR count). The van der Waals surface area contributed by atoms with Crippen LogP contribution in [0.2, 0.25) is 10.0 Å². The monoisotopic (exact) mass is 518 g/mol. The Morgan fingerprint density at radius 1 is 1.10 bits per heavy atom. The average molecular weight is 520 g/mol. The van der Waals surface area contributed by atoms with E-state index in [9.17, 15) is 4.79 Å². The van der Waals surface area contributed by atoms with Gasteiger partial charge in [0.2, 0.25) is 0 Å². The summed E-state index contributed by atoms with van der Waals surface area (Å²) in [5, 5.41) is 4.97. The number of carbonyl (C=O) groups excluding carboxylic acids is 1. The lowest BCUT2D eigenvalue weighted by atomic mass is 9.76. The molecule has 2 aromatic carbocycles. The minimum atomic E-state index is -0.608. The highest BCUT2D eigenvalue weighted by Crippen LogP contribution is 2.38. The van der Waals surface area contributed by atoms with Crippen molar-refractivity contribution in [3.8, 4) is 5.69 Å². The normalized spacial score (nSPS) is 16.3. The van der Waals surface area contributed by atoms with Gasteiger partial charge in [-0.3, -0.25) is 0 Å². The van der Waals surface area contributed by atoms with Crippen LogP contribution in [0.25, 0.3) is 5.69 Å². The third kappa shape index (κ3) is 4.59. The van der Waals surface area contributed by atoms with E-state index in [1.165, 1.54) is 12.1 Å². The molecule has 0 saturated heterocycles. The van der Waals surface area contributed by atoms with Gasteiger partial charge in [-0.05, 0) is 73.7 Å². The van der Waals surface area contributed by atoms with E-state index in [0.717, 1.165) is 39.2 Å². The maximum absolute atomic E-state index is 12.6. The van der Waals surface area contributed by atoms with E-state index in [0.29, 0.717) is 11.4 Å². The third-order valence-corrected chi connectivity index (χ3v) is 6.44. The van der Waals surface area contributed by atoms with Gasteiger partial charge in [0, 0.05) is 32.1 Å². The van der Waals surface area contributed by atoms with Gasteiger partial charge in [-0.25, -0.2) is 4.79 Å². The molecule has 0 N–H and O–H groups in total. The van der Waals surface area contributed by atoms with Gasteiger partial charge in [-0.2, -0.15) is 0 Å². The van der Waals surface area contributed by atoms with Crippen molar-refractivity contribution in [2.45, 2.75) is 33.6 Å². The quantitative estimate of drug-likeness (QED) is 0.267. The number of rotatable bonds is 3. The molecule has 0 spiro atoms. The molecule has 0 saturated carbocycles. The molecule has 1 aliphatic rings. The lowest BCUT2D eigenvalue weighted by Gasteiger charge is -2.31. The van der Waals surface area contributed by atoms with Crippen LogP contribution in [0.3, 0.4) is 0 Å². The number of benzene rings is 2. The number of aryl methyl sites for hydroxylation is 1. The van der Waals surface area contributed by atoms with E-state index in [1.54, 1.807) is 6.07 Å². The first-order chi connectivity index (χ1) is 14.6. The molecular weight excluding hydrogens is 499 g/mol. The SMILES string of the molecule is Cc1cc2c(n1-c1ccc(Br)cc1)CC(C)(C)C/C2=N\OC(=O)c1ccc(Cl)cc1Cl. The van der Waals surface area contributed by atoms with Crippen LogP contribution in [0.1, 0.15) is 47.6 Å². The number of carbonyl (C=O) groups is 1. The molecule has 4 nitrogen and oxygen atoms in total. The molecule has 160 valence electrons. The van der Waals surface area contributed by atoms with E-state index >= 15 is 0 Å². The number of hydrogen-bond acceptors (Lipinski definition) is 3. The van der Waals surface area contributed by atoms with Gasteiger partial charge in [-0.15, -0.1) is 0 Å². The van der Waals surface area contributed by atoms with Crippen LogP contribution in [0, 0.1) is 12.3 Å². The number of nitrogens with zero attached hydrogens (tertiary/aromatic N) is 2. The highest BCUT2D eigenvalue weighted by atomic mass is 79.9. The van der Waals surface area contributed by atoms with Crippen LogP contribution in [-0.4, -0.2) is 16.2 Å². The second-order valence-corrected chi connectivity index (χ2v) is 10.3. The molecule has 1 aliphatic carbocycles. The number of aromatic nitrogens is 1. The fourth-order valence-electron chi connectivity index (χ4n) is 4.01. The van der Waals surface area contributed by atoms with E-state index in [2.05, 4.69) is 64.6 Å². The van der Waals surface area contributed by atoms with Crippen LogP contribution in [-0.2, 0) is 11.3 Å². The average Bonchev–Trinajstić information content (AvgIpc) is 3.01. The summed E-state index contributed by atoms with van der Waals surface area (Å²) >= 11 is 15.5. The molecule has 0 bridgehead atoms. The first-order valence-corrected chi connectivity index (χ1v) is 11.4. The highest BCUT2D eigenvalue weighted by Gasteiger charge is 2.34. The summed E-state index contributed by atoms with van der Waals surface area (Å²) in [5.41, 5.74) is 5.31. The molecule has 0 aliphatic heterocycles.